The van der Waals surface area contributed by atoms with Crippen LogP contribution in [0.25, 0.3) is 0 Å². The molecule has 0 aliphatic rings. The van der Waals surface area contributed by atoms with Crippen LogP contribution in [-0.2, 0) is 14.8 Å². The van der Waals surface area contributed by atoms with Gasteiger partial charge in [-0.15, -0.1) is 11.8 Å². The predicted molar refractivity (Wildman–Crippen MR) is 138 cm³/mol. The summed E-state index contributed by atoms with van der Waals surface area (Å²) in [5, 5.41) is 2.88. The highest BCUT2D eigenvalue weighted by Gasteiger charge is 2.27. The van der Waals surface area contributed by atoms with Crippen molar-refractivity contribution < 1.29 is 17.9 Å². The van der Waals surface area contributed by atoms with E-state index in [4.69, 9.17) is 4.74 Å². The molecule has 1 N–H and O–H groups in total. The average molecular weight is 499 g/mol. The minimum absolute atomic E-state index is 0.0970. The Morgan fingerprint density at radius 1 is 1.00 bits per heavy atom. The monoisotopic (exact) mass is 498 g/mol. The maximum Gasteiger partial charge on any atom is 0.264 e. The molecule has 1 atom stereocenters. The maximum atomic E-state index is 13.5. The molecular formula is C26H30N2O4S2. The molecule has 0 spiro atoms. The fourth-order valence-electron chi connectivity index (χ4n) is 3.42. The minimum Gasteiger partial charge on any atom is -0.494 e. The lowest BCUT2D eigenvalue weighted by atomic mass is 10.0. The summed E-state index contributed by atoms with van der Waals surface area (Å²) in [6.07, 6.45) is 1.93. The van der Waals surface area contributed by atoms with Gasteiger partial charge in [-0.1, -0.05) is 37.3 Å². The van der Waals surface area contributed by atoms with Crippen molar-refractivity contribution in [2.75, 3.05) is 30.3 Å². The quantitative estimate of drug-likeness (QED) is 0.380. The van der Waals surface area contributed by atoms with E-state index in [1.807, 2.05) is 50.4 Å². The molecule has 6 nitrogen and oxygen atoms in total. The van der Waals surface area contributed by atoms with Crippen molar-refractivity contribution >= 4 is 33.4 Å². The van der Waals surface area contributed by atoms with Crippen molar-refractivity contribution in [3.8, 4) is 5.75 Å². The zero-order valence-corrected chi connectivity index (χ0v) is 21.2. The number of thioether (sulfide) groups is 1. The van der Waals surface area contributed by atoms with Gasteiger partial charge in [0.2, 0.25) is 5.91 Å². The van der Waals surface area contributed by atoms with E-state index in [9.17, 15) is 13.2 Å². The van der Waals surface area contributed by atoms with Crippen LogP contribution >= 0.6 is 11.8 Å². The topological polar surface area (TPSA) is 75.7 Å². The van der Waals surface area contributed by atoms with Crippen molar-refractivity contribution in [3.05, 3.63) is 84.4 Å². The lowest BCUT2D eigenvalue weighted by Crippen LogP contribution is -2.41. The van der Waals surface area contributed by atoms with Crippen molar-refractivity contribution in [3.63, 3.8) is 0 Å². The molecule has 0 saturated carbocycles. The van der Waals surface area contributed by atoms with E-state index in [-0.39, 0.29) is 23.3 Å². The number of carbonyl (C=O) groups excluding carboxylic acids is 1. The molecule has 1 amide bonds. The second-order valence-corrected chi connectivity index (χ2v) is 10.5. The number of hydrogen-bond donors (Lipinski definition) is 1. The molecule has 180 valence electrons. The molecule has 0 radical (unpaired) electrons. The van der Waals surface area contributed by atoms with E-state index in [2.05, 4.69) is 5.32 Å². The summed E-state index contributed by atoms with van der Waals surface area (Å²) < 4.78 is 33.7. The van der Waals surface area contributed by atoms with Gasteiger partial charge < -0.3 is 10.1 Å². The lowest BCUT2D eigenvalue weighted by molar-refractivity contribution is -0.119. The fraction of sp³-hybridized carbons (Fsp3) is 0.269. The summed E-state index contributed by atoms with van der Waals surface area (Å²) in [6.45, 7) is 4.48. The van der Waals surface area contributed by atoms with Crippen LogP contribution in [0.15, 0.2) is 88.7 Å². The summed E-state index contributed by atoms with van der Waals surface area (Å²) in [7, 11) is -3.97. The number of carbonyl (C=O) groups is 1. The molecule has 0 heterocycles. The lowest BCUT2D eigenvalue weighted by Gasteiger charge is -2.25. The molecule has 0 saturated heterocycles. The molecule has 3 aromatic carbocycles. The van der Waals surface area contributed by atoms with Gasteiger partial charge in [-0.2, -0.15) is 0 Å². The minimum atomic E-state index is -3.97. The van der Waals surface area contributed by atoms with Gasteiger partial charge in [0.25, 0.3) is 10.0 Å². The maximum absolute atomic E-state index is 13.5. The second-order valence-electron chi connectivity index (χ2n) is 7.73. The highest BCUT2D eigenvalue weighted by atomic mass is 32.2. The zero-order valence-electron chi connectivity index (χ0n) is 19.6. The fourth-order valence-corrected chi connectivity index (χ4v) is 5.25. The Morgan fingerprint density at radius 3 is 2.24 bits per heavy atom. The van der Waals surface area contributed by atoms with Crippen molar-refractivity contribution in [2.24, 2.45) is 0 Å². The molecular weight excluding hydrogens is 468 g/mol. The number of nitrogens with zero attached hydrogens (tertiary/aromatic N) is 1. The molecule has 0 aliphatic carbocycles. The summed E-state index contributed by atoms with van der Waals surface area (Å²) in [5.41, 5.74) is 1.50. The van der Waals surface area contributed by atoms with E-state index in [0.29, 0.717) is 24.6 Å². The Labute approximate surface area is 206 Å². The molecule has 0 aromatic heterocycles. The van der Waals surface area contributed by atoms with Gasteiger partial charge in [0.15, 0.2) is 0 Å². The highest BCUT2D eigenvalue weighted by molar-refractivity contribution is 7.98. The first-order chi connectivity index (χ1) is 16.3. The number of nitrogens with one attached hydrogen (secondary N) is 1. The van der Waals surface area contributed by atoms with Gasteiger partial charge in [-0.25, -0.2) is 8.42 Å². The Kier molecular flexibility index (Phi) is 9.01. The van der Waals surface area contributed by atoms with Crippen LogP contribution < -0.4 is 14.4 Å². The van der Waals surface area contributed by atoms with E-state index in [1.54, 1.807) is 48.5 Å². The van der Waals surface area contributed by atoms with E-state index in [0.717, 1.165) is 14.8 Å². The largest absolute Gasteiger partial charge is 0.494 e. The highest BCUT2D eigenvalue weighted by Crippen LogP contribution is 2.27. The van der Waals surface area contributed by atoms with Crippen molar-refractivity contribution in [1.29, 1.82) is 0 Å². The summed E-state index contributed by atoms with van der Waals surface area (Å²) in [6, 6.07) is 23.2. The number of benzene rings is 3. The van der Waals surface area contributed by atoms with Gasteiger partial charge in [0.05, 0.1) is 17.2 Å². The molecule has 8 heteroatoms. The number of hydrogen-bond acceptors (Lipinski definition) is 5. The standard InChI is InChI=1S/C26H30N2O4S2/c1-4-32-23-12-10-22(11-13-23)28(34(30,31)25-16-14-24(33-3)15-17-25)19-26(29)27-18-20(2)21-8-6-5-7-9-21/h5-17,20H,4,18-19H2,1-3H3,(H,27,29)/t20-/m1/s1. The molecule has 3 rings (SSSR count). The zero-order chi connectivity index (χ0) is 24.6. The number of rotatable bonds is 11. The summed E-state index contributed by atoms with van der Waals surface area (Å²) in [5.74, 6) is 0.356. The Balaban J connectivity index is 1.82. The van der Waals surface area contributed by atoms with Crippen LogP contribution in [0.3, 0.4) is 0 Å². The molecule has 0 unspecified atom stereocenters. The van der Waals surface area contributed by atoms with Crippen molar-refractivity contribution in [1.82, 2.24) is 5.32 Å². The average Bonchev–Trinajstić information content (AvgIpc) is 2.87. The summed E-state index contributed by atoms with van der Waals surface area (Å²) >= 11 is 1.53. The van der Waals surface area contributed by atoms with Crippen LogP contribution in [0, 0.1) is 0 Å². The van der Waals surface area contributed by atoms with Gasteiger partial charge in [0, 0.05) is 11.4 Å². The van der Waals surface area contributed by atoms with E-state index < -0.39 is 10.0 Å². The first-order valence-electron chi connectivity index (χ1n) is 11.1. The molecule has 0 aliphatic heterocycles. The van der Waals surface area contributed by atoms with Crippen molar-refractivity contribution in [2.45, 2.75) is 29.6 Å². The Morgan fingerprint density at radius 2 is 1.65 bits per heavy atom. The van der Waals surface area contributed by atoms with Gasteiger partial charge in [-0.3, -0.25) is 9.10 Å². The first kappa shape index (κ1) is 25.6. The molecule has 0 bridgehead atoms. The number of ether oxygens (including phenoxy) is 1. The third-order valence-electron chi connectivity index (χ3n) is 5.34. The number of sulfonamides is 1. The van der Waals surface area contributed by atoms with E-state index >= 15 is 0 Å². The Bertz CT molecular complexity index is 1170. The second kappa shape index (κ2) is 11.9. The number of amides is 1. The Hall–Kier alpha value is -2.97. The molecule has 3 aromatic rings. The van der Waals surface area contributed by atoms with Crippen LogP contribution in [0.5, 0.6) is 5.75 Å². The first-order valence-corrected chi connectivity index (χ1v) is 13.7. The van der Waals surface area contributed by atoms with Crippen LogP contribution in [0.2, 0.25) is 0 Å². The van der Waals surface area contributed by atoms with Gasteiger partial charge >= 0.3 is 0 Å². The molecule has 0 fully saturated rings. The third-order valence-corrected chi connectivity index (χ3v) is 7.88. The van der Waals surface area contributed by atoms with Gasteiger partial charge in [0.1, 0.15) is 12.3 Å². The normalized spacial score (nSPS) is 12.1. The van der Waals surface area contributed by atoms with Crippen LogP contribution in [0.1, 0.15) is 25.3 Å². The predicted octanol–water partition coefficient (Wildman–Crippen LogP) is 4.92. The number of anilines is 1. The SMILES string of the molecule is CCOc1ccc(N(CC(=O)NC[C@@H](C)c2ccccc2)S(=O)(=O)c2ccc(SC)cc2)cc1. The smallest absolute Gasteiger partial charge is 0.264 e. The third kappa shape index (κ3) is 6.55. The van der Waals surface area contributed by atoms with Crippen LogP contribution in [0.4, 0.5) is 5.69 Å². The summed E-state index contributed by atoms with van der Waals surface area (Å²) in [4.78, 5) is 14.0. The molecule has 34 heavy (non-hydrogen) atoms. The van der Waals surface area contributed by atoms with Crippen LogP contribution in [-0.4, -0.2) is 40.3 Å². The van der Waals surface area contributed by atoms with Gasteiger partial charge in [-0.05, 0) is 73.2 Å². The van der Waals surface area contributed by atoms with E-state index in [1.165, 1.54) is 11.8 Å².